The highest BCUT2D eigenvalue weighted by molar-refractivity contribution is 6.76. The Kier molecular flexibility index (Phi) is 3.65. The molecule has 0 aliphatic heterocycles. The van der Waals surface area contributed by atoms with Crippen molar-refractivity contribution in [3.63, 3.8) is 0 Å². The van der Waals surface area contributed by atoms with E-state index in [0.29, 0.717) is 5.69 Å². The molecule has 0 aromatic heterocycles. The molecule has 2 N–H and O–H groups in total. The first-order valence-corrected chi connectivity index (χ1v) is 5.93. The van der Waals surface area contributed by atoms with Crippen LogP contribution in [-0.2, 0) is 13.3 Å². The molecular weight excluding hydrogens is 198 g/mol. The second-order valence-electron chi connectivity index (χ2n) is 2.76. The van der Waals surface area contributed by atoms with Crippen LogP contribution in [0.2, 0.25) is 0 Å². The summed E-state index contributed by atoms with van der Waals surface area (Å²) in [6.45, 7) is 0. The zero-order valence-corrected chi connectivity index (χ0v) is 9.61. The van der Waals surface area contributed by atoms with Crippen LogP contribution in [-0.4, -0.2) is 30.1 Å². The maximum absolute atomic E-state index is 5.83. The van der Waals surface area contributed by atoms with Crippen LogP contribution in [0.1, 0.15) is 0 Å². The van der Waals surface area contributed by atoms with Gasteiger partial charge in [0.05, 0.1) is 0 Å². The molecule has 0 heterocycles. The predicted octanol–water partition coefficient (Wildman–Crippen LogP) is 0.354. The average Bonchev–Trinajstić information content (AvgIpc) is 2.24. The number of nitrogens with two attached hydrogens (primary N) is 1. The highest BCUT2D eigenvalue weighted by atomic mass is 28.4. The molecule has 0 bridgehead atoms. The zero-order chi connectivity index (χ0) is 10.6. The summed E-state index contributed by atoms with van der Waals surface area (Å²) >= 11 is 0. The third-order valence-corrected chi connectivity index (χ3v) is 4.82. The van der Waals surface area contributed by atoms with Gasteiger partial charge in [-0.1, -0.05) is 18.2 Å². The highest BCUT2D eigenvalue weighted by Gasteiger charge is 2.42. The van der Waals surface area contributed by atoms with E-state index in [-0.39, 0.29) is 0 Å². The van der Waals surface area contributed by atoms with Crippen LogP contribution in [0.25, 0.3) is 0 Å². The van der Waals surface area contributed by atoms with Crippen LogP contribution in [0, 0.1) is 0 Å². The van der Waals surface area contributed by atoms with E-state index in [4.69, 9.17) is 19.0 Å². The SMILES string of the molecule is CO[Si](OC)(OC)c1ccccc1N. The molecule has 1 aromatic rings. The number of para-hydroxylation sites is 1. The Bertz CT molecular complexity index is 294. The Morgan fingerprint density at radius 3 is 1.93 bits per heavy atom. The Labute approximate surface area is 85.0 Å². The van der Waals surface area contributed by atoms with Crippen molar-refractivity contribution in [3.05, 3.63) is 24.3 Å². The van der Waals surface area contributed by atoms with Crippen molar-refractivity contribution in [1.82, 2.24) is 0 Å². The molecule has 0 aliphatic rings. The van der Waals surface area contributed by atoms with E-state index < -0.39 is 8.80 Å². The molecule has 0 radical (unpaired) electrons. The molecular formula is C9H15NO3Si. The van der Waals surface area contributed by atoms with Crippen LogP contribution in [0.5, 0.6) is 0 Å². The second-order valence-corrected chi connectivity index (χ2v) is 5.63. The number of hydrogen-bond acceptors (Lipinski definition) is 4. The van der Waals surface area contributed by atoms with Crippen molar-refractivity contribution in [2.75, 3.05) is 27.1 Å². The molecule has 0 aliphatic carbocycles. The van der Waals surface area contributed by atoms with E-state index in [2.05, 4.69) is 0 Å². The van der Waals surface area contributed by atoms with Gasteiger partial charge < -0.3 is 19.0 Å². The number of nitrogen functional groups attached to an aromatic ring is 1. The third-order valence-electron chi connectivity index (χ3n) is 2.10. The largest absolute Gasteiger partial charge is 0.538 e. The molecule has 1 aromatic carbocycles. The van der Waals surface area contributed by atoms with Crippen molar-refractivity contribution < 1.29 is 13.3 Å². The predicted molar refractivity (Wildman–Crippen MR) is 57.3 cm³/mol. The minimum absolute atomic E-state index is 0.629. The highest BCUT2D eigenvalue weighted by Crippen LogP contribution is 2.11. The Balaban J connectivity index is 3.17. The molecule has 0 unspecified atom stereocenters. The molecule has 0 saturated carbocycles. The van der Waals surface area contributed by atoms with Gasteiger partial charge >= 0.3 is 8.80 Å². The van der Waals surface area contributed by atoms with Gasteiger partial charge in [0.2, 0.25) is 0 Å². The lowest BCUT2D eigenvalue weighted by molar-refractivity contribution is 0.140. The van der Waals surface area contributed by atoms with Gasteiger partial charge in [-0.15, -0.1) is 0 Å². The maximum Gasteiger partial charge on any atom is 0.538 e. The van der Waals surface area contributed by atoms with Gasteiger partial charge in [-0.2, -0.15) is 0 Å². The first kappa shape index (κ1) is 11.2. The average molecular weight is 213 g/mol. The molecule has 0 spiro atoms. The lowest BCUT2D eigenvalue weighted by Crippen LogP contribution is -2.55. The fourth-order valence-corrected chi connectivity index (χ4v) is 3.25. The smallest absolute Gasteiger partial charge is 0.399 e. The zero-order valence-electron chi connectivity index (χ0n) is 8.61. The Morgan fingerprint density at radius 1 is 1.00 bits per heavy atom. The van der Waals surface area contributed by atoms with Gasteiger partial charge in [0.25, 0.3) is 0 Å². The molecule has 0 saturated heterocycles. The monoisotopic (exact) mass is 213 g/mol. The van der Waals surface area contributed by atoms with Crippen molar-refractivity contribution in [1.29, 1.82) is 0 Å². The Morgan fingerprint density at radius 2 is 1.50 bits per heavy atom. The van der Waals surface area contributed by atoms with Crippen LogP contribution in [0.3, 0.4) is 0 Å². The van der Waals surface area contributed by atoms with Gasteiger partial charge in [-0.25, -0.2) is 0 Å². The maximum atomic E-state index is 5.83. The summed E-state index contributed by atoms with van der Waals surface area (Å²) < 4.78 is 16.0. The van der Waals surface area contributed by atoms with E-state index in [0.717, 1.165) is 5.19 Å². The summed E-state index contributed by atoms with van der Waals surface area (Å²) in [5, 5.41) is 0.799. The molecule has 1 rings (SSSR count). The lowest BCUT2D eigenvalue weighted by Gasteiger charge is -2.25. The third kappa shape index (κ3) is 1.80. The normalized spacial score (nSPS) is 11.6. The van der Waals surface area contributed by atoms with Crippen LogP contribution in [0.4, 0.5) is 5.69 Å². The van der Waals surface area contributed by atoms with Crippen molar-refractivity contribution in [2.24, 2.45) is 0 Å². The first-order chi connectivity index (χ1) is 6.70. The minimum atomic E-state index is -2.76. The summed E-state index contributed by atoms with van der Waals surface area (Å²) in [6.07, 6.45) is 0. The van der Waals surface area contributed by atoms with Gasteiger partial charge in [0.15, 0.2) is 0 Å². The number of benzene rings is 1. The number of hydrogen-bond donors (Lipinski definition) is 1. The first-order valence-electron chi connectivity index (χ1n) is 4.20. The summed E-state index contributed by atoms with van der Waals surface area (Å²) in [5.41, 5.74) is 6.46. The van der Waals surface area contributed by atoms with Crippen LogP contribution < -0.4 is 10.9 Å². The molecule has 0 atom stereocenters. The van der Waals surface area contributed by atoms with Crippen molar-refractivity contribution in [2.45, 2.75) is 0 Å². The molecule has 0 amide bonds. The van der Waals surface area contributed by atoms with Crippen molar-refractivity contribution >= 4 is 19.7 Å². The fourth-order valence-electron chi connectivity index (χ4n) is 1.36. The topological polar surface area (TPSA) is 53.7 Å². The summed E-state index contributed by atoms with van der Waals surface area (Å²) in [4.78, 5) is 0. The molecule has 5 heteroatoms. The lowest BCUT2D eigenvalue weighted by atomic mass is 10.3. The molecule has 14 heavy (non-hydrogen) atoms. The van der Waals surface area contributed by atoms with E-state index in [9.17, 15) is 0 Å². The molecule has 4 nitrogen and oxygen atoms in total. The Hall–Kier alpha value is -0.883. The summed E-state index contributed by atoms with van der Waals surface area (Å²) in [7, 11) is 1.92. The second kappa shape index (κ2) is 4.56. The van der Waals surface area contributed by atoms with Gasteiger partial charge in [0, 0.05) is 32.2 Å². The number of rotatable bonds is 4. The quantitative estimate of drug-likeness (QED) is 0.579. The van der Waals surface area contributed by atoms with Crippen LogP contribution >= 0.6 is 0 Å². The van der Waals surface area contributed by atoms with Gasteiger partial charge in [-0.05, 0) is 6.07 Å². The van der Waals surface area contributed by atoms with E-state index in [1.54, 1.807) is 27.4 Å². The van der Waals surface area contributed by atoms with Gasteiger partial charge in [0.1, 0.15) is 0 Å². The van der Waals surface area contributed by atoms with Gasteiger partial charge in [-0.3, -0.25) is 0 Å². The number of anilines is 1. The fraction of sp³-hybridized carbons (Fsp3) is 0.333. The standard InChI is InChI=1S/C9H15NO3Si/c1-11-14(12-2,13-3)9-7-5-4-6-8(9)10/h4-7H,10H2,1-3H3. The summed E-state index contributed by atoms with van der Waals surface area (Å²) in [5.74, 6) is 0. The van der Waals surface area contributed by atoms with Crippen LogP contribution in [0.15, 0.2) is 24.3 Å². The minimum Gasteiger partial charge on any atom is -0.399 e. The molecule has 0 fully saturated rings. The van der Waals surface area contributed by atoms with E-state index in [1.165, 1.54) is 0 Å². The van der Waals surface area contributed by atoms with E-state index >= 15 is 0 Å². The summed E-state index contributed by atoms with van der Waals surface area (Å²) in [6, 6.07) is 7.40. The van der Waals surface area contributed by atoms with E-state index in [1.807, 2.05) is 18.2 Å². The molecule has 78 valence electrons. The van der Waals surface area contributed by atoms with Crippen molar-refractivity contribution in [3.8, 4) is 0 Å².